The lowest BCUT2D eigenvalue weighted by Crippen LogP contribution is -2.33. The van der Waals surface area contributed by atoms with Crippen molar-refractivity contribution in [2.75, 3.05) is 26.3 Å². The first kappa shape index (κ1) is 12.6. The molecule has 2 aliphatic rings. The molecule has 0 amide bonds. The third-order valence-corrected chi connectivity index (χ3v) is 3.92. The number of hydrogen-bond acceptors (Lipinski definition) is 4. The highest BCUT2D eigenvalue weighted by Gasteiger charge is 2.42. The largest absolute Gasteiger partial charge is 0.409 e. The quantitative estimate of drug-likeness (QED) is 0.279. The van der Waals surface area contributed by atoms with Crippen LogP contribution in [0.15, 0.2) is 5.16 Å². The van der Waals surface area contributed by atoms with E-state index >= 15 is 0 Å². The molecular formula is C12H23N3O2. The van der Waals surface area contributed by atoms with Crippen LogP contribution in [0.2, 0.25) is 0 Å². The Morgan fingerprint density at radius 3 is 2.71 bits per heavy atom. The molecule has 2 rings (SSSR count). The molecule has 1 aliphatic carbocycles. The molecule has 0 bridgehead atoms. The van der Waals surface area contributed by atoms with E-state index in [0.717, 1.165) is 32.2 Å². The topological polar surface area (TPSA) is 79.9 Å². The average Bonchev–Trinajstić information content (AvgIpc) is 3.10. The van der Waals surface area contributed by atoms with Crippen molar-refractivity contribution < 1.29 is 9.94 Å². The van der Waals surface area contributed by atoms with Crippen LogP contribution in [0.1, 0.15) is 32.1 Å². The molecule has 0 spiro atoms. The fourth-order valence-electron chi connectivity index (χ4n) is 2.50. The van der Waals surface area contributed by atoms with Gasteiger partial charge in [-0.3, -0.25) is 0 Å². The third kappa shape index (κ3) is 3.85. The number of hydrogen-bond donors (Lipinski definition) is 3. The zero-order valence-electron chi connectivity index (χ0n) is 10.3. The van der Waals surface area contributed by atoms with Gasteiger partial charge in [0.05, 0.1) is 0 Å². The first-order valence-electron chi connectivity index (χ1n) is 6.49. The Kier molecular flexibility index (Phi) is 4.23. The molecule has 0 aromatic heterocycles. The van der Waals surface area contributed by atoms with Gasteiger partial charge in [0, 0.05) is 26.2 Å². The van der Waals surface area contributed by atoms with Crippen molar-refractivity contribution in [3.63, 3.8) is 0 Å². The second-order valence-electron chi connectivity index (χ2n) is 5.45. The zero-order valence-corrected chi connectivity index (χ0v) is 10.3. The average molecular weight is 241 g/mol. The highest BCUT2D eigenvalue weighted by atomic mass is 16.5. The van der Waals surface area contributed by atoms with Gasteiger partial charge in [0.15, 0.2) is 0 Å². The number of ether oxygens (including phenoxy) is 1. The van der Waals surface area contributed by atoms with Crippen LogP contribution in [0.25, 0.3) is 0 Å². The molecule has 0 unspecified atom stereocenters. The summed E-state index contributed by atoms with van der Waals surface area (Å²) < 4.78 is 5.34. The number of oxime groups is 1. The maximum Gasteiger partial charge on any atom is 0.139 e. The molecule has 0 atom stereocenters. The van der Waals surface area contributed by atoms with Gasteiger partial charge in [0.1, 0.15) is 5.84 Å². The van der Waals surface area contributed by atoms with Crippen molar-refractivity contribution in [1.82, 2.24) is 5.32 Å². The van der Waals surface area contributed by atoms with E-state index in [1.54, 1.807) is 0 Å². The molecular weight excluding hydrogens is 218 g/mol. The predicted molar refractivity (Wildman–Crippen MR) is 66.1 cm³/mol. The van der Waals surface area contributed by atoms with Crippen LogP contribution in [0, 0.1) is 11.3 Å². The van der Waals surface area contributed by atoms with Gasteiger partial charge in [0.2, 0.25) is 0 Å². The molecule has 2 fully saturated rings. The number of nitrogens with one attached hydrogen (secondary N) is 1. The van der Waals surface area contributed by atoms with Gasteiger partial charge < -0.3 is 21.0 Å². The third-order valence-electron chi connectivity index (χ3n) is 3.92. The minimum absolute atomic E-state index is 0.265. The lowest BCUT2D eigenvalue weighted by molar-refractivity contribution is 0.0660. The van der Waals surface area contributed by atoms with Crippen LogP contribution in [-0.4, -0.2) is 37.3 Å². The molecule has 4 N–H and O–H groups in total. The maximum absolute atomic E-state index is 8.58. The van der Waals surface area contributed by atoms with E-state index in [1.807, 2.05) is 0 Å². The minimum atomic E-state index is 0.265. The molecule has 1 saturated heterocycles. The first-order chi connectivity index (χ1) is 8.24. The Bertz CT molecular complexity index is 271. The molecule has 17 heavy (non-hydrogen) atoms. The highest BCUT2D eigenvalue weighted by Crippen LogP contribution is 2.48. The van der Waals surface area contributed by atoms with Crippen molar-refractivity contribution in [3.05, 3.63) is 0 Å². The van der Waals surface area contributed by atoms with Gasteiger partial charge in [-0.1, -0.05) is 5.16 Å². The second kappa shape index (κ2) is 5.69. The summed E-state index contributed by atoms with van der Waals surface area (Å²) in [4.78, 5) is 0. The van der Waals surface area contributed by atoms with Crippen molar-refractivity contribution in [2.24, 2.45) is 22.2 Å². The summed E-state index contributed by atoms with van der Waals surface area (Å²) >= 11 is 0. The standard InChI is InChI=1S/C12H23N3O2/c13-11(15-16)7-12(3-4-12)9-14-8-10-1-5-17-6-2-10/h10,14,16H,1-9H2,(H2,13,15). The Labute approximate surface area is 102 Å². The molecule has 98 valence electrons. The highest BCUT2D eigenvalue weighted by molar-refractivity contribution is 5.80. The second-order valence-corrected chi connectivity index (χ2v) is 5.45. The predicted octanol–water partition coefficient (Wildman–Crippen LogP) is 0.919. The van der Waals surface area contributed by atoms with Gasteiger partial charge in [-0.2, -0.15) is 0 Å². The minimum Gasteiger partial charge on any atom is -0.409 e. The molecule has 5 nitrogen and oxygen atoms in total. The SMILES string of the molecule is NC(CC1(CNCC2CCOCC2)CC1)=NO. The van der Waals surface area contributed by atoms with Gasteiger partial charge in [0.25, 0.3) is 0 Å². The molecule has 0 aromatic rings. The number of rotatable bonds is 6. The molecule has 1 heterocycles. The van der Waals surface area contributed by atoms with E-state index in [2.05, 4.69) is 10.5 Å². The Morgan fingerprint density at radius 2 is 2.12 bits per heavy atom. The molecule has 1 saturated carbocycles. The summed E-state index contributed by atoms with van der Waals surface area (Å²) in [5, 5.41) is 15.2. The van der Waals surface area contributed by atoms with Crippen LogP contribution in [-0.2, 0) is 4.74 Å². The van der Waals surface area contributed by atoms with E-state index in [1.165, 1.54) is 25.7 Å². The van der Waals surface area contributed by atoms with Crippen LogP contribution in [0.5, 0.6) is 0 Å². The van der Waals surface area contributed by atoms with Crippen molar-refractivity contribution in [2.45, 2.75) is 32.1 Å². The number of nitrogens with zero attached hydrogens (tertiary/aromatic N) is 1. The van der Waals surface area contributed by atoms with Crippen LogP contribution in [0.4, 0.5) is 0 Å². The number of amidine groups is 1. The van der Waals surface area contributed by atoms with E-state index in [4.69, 9.17) is 15.7 Å². The maximum atomic E-state index is 8.58. The summed E-state index contributed by atoms with van der Waals surface area (Å²) in [7, 11) is 0. The monoisotopic (exact) mass is 241 g/mol. The molecule has 5 heteroatoms. The van der Waals surface area contributed by atoms with E-state index in [9.17, 15) is 0 Å². The molecule has 1 aliphatic heterocycles. The van der Waals surface area contributed by atoms with Gasteiger partial charge >= 0.3 is 0 Å². The van der Waals surface area contributed by atoms with Crippen molar-refractivity contribution in [1.29, 1.82) is 0 Å². The first-order valence-corrected chi connectivity index (χ1v) is 6.49. The summed E-state index contributed by atoms with van der Waals surface area (Å²) in [5.41, 5.74) is 5.83. The smallest absolute Gasteiger partial charge is 0.139 e. The Balaban J connectivity index is 1.64. The van der Waals surface area contributed by atoms with E-state index < -0.39 is 0 Å². The van der Waals surface area contributed by atoms with Gasteiger partial charge in [-0.25, -0.2) is 0 Å². The van der Waals surface area contributed by atoms with Gasteiger partial charge in [-0.05, 0) is 43.6 Å². The van der Waals surface area contributed by atoms with Crippen molar-refractivity contribution in [3.8, 4) is 0 Å². The van der Waals surface area contributed by atoms with Crippen molar-refractivity contribution >= 4 is 5.84 Å². The van der Waals surface area contributed by atoms with E-state index in [0.29, 0.717) is 12.3 Å². The summed E-state index contributed by atoms with van der Waals surface area (Å²) in [6.07, 6.45) is 5.42. The molecule has 0 radical (unpaired) electrons. The van der Waals surface area contributed by atoms with Crippen LogP contribution >= 0.6 is 0 Å². The van der Waals surface area contributed by atoms with Crippen LogP contribution < -0.4 is 11.1 Å². The normalized spacial score (nSPS) is 24.8. The van der Waals surface area contributed by atoms with Gasteiger partial charge in [-0.15, -0.1) is 0 Å². The summed E-state index contributed by atoms with van der Waals surface area (Å²) in [5.74, 6) is 1.11. The fourth-order valence-corrected chi connectivity index (χ4v) is 2.50. The fraction of sp³-hybridized carbons (Fsp3) is 0.917. The lowest BCUT2D eigenvalue weighted by atomic mass is 9.98. The lowest BCUT2D eigenvalue weighted by Gasteiger charge is -2.23. The zero-order chi connectivity index (χ0) is 12.1. The number of nitrogens with two attached hydrogens (primary N) is 1. The van der Waals surface area contributed by atoms with E-state index in [-0.39, 0.29) is 5.41 Å². The van der Waals surface area contributed by atoms with Crippen LogP contribution in [0.3, 0.4) is 0 Å². The summed E-state index contributed by atoms with van der Waals surface area (Å²) in [6, 6.07) is 0. The Morgan fingerprint density at radius 1 is 1.41 bits per heavy atom. The summed E-state index contributed by atoms with van der Waals surface area (Å²) in [6.45, 7) is 3.87. The Hall–Kier alpha value is -0.810. The molecule has 0 aromatic carbocycles.